The first-order valence-corrected chi connectivity index (χ1v) is 5.67. The molecule has 1 N–H and O–H groups in total. The number of nitrogens with zero attached hydrogens (tertiary/aromatic N) is 1. The molecular weight excluding hydrogens is 289 g/mol. The minimum atomic E-state index is -0.492. The van der Waals surface area contributed by atoms with Gasteiger partial charge in [0, 0.05) is 16.2 Å². The third-order valence-corrected chi connectivity index (χ3v) is 2.61. The molecule has 0 saturated carbocycles. The van der Waals surface area contributed by atoms with E-state index in [1.165, 1.54) is 18.3 Å². The van der Waals surface area contributed by atoms with Crippen LogP contribution in [0.1, 0.15) is 5.56 Å². The number of pyridine rings is 1. The van der Waals surface area contributed by atoms with Crippen molar-refractivity contribution in [2.24, 2.45) is 0 Å². The number of aliphatic hydroxyl groups excluding tert-OH is 1. The van der Waals surface area contributed by atoms with Crippen molar-refractivity contribution < 1.29 is 14.2 Å². The van der Waals surface area contributed by atoms with Crippen molar-refractivity contribution in [2.45, 2.75) is 6.61 Å². The first-order chi connectivity index (χ1) is 8.20. The highest BCUT2D eigenvalue weighted by atomic mass is 79.9. The molecule has 0 radical (unpaired) electrons. The number of aromatic nitrogens is 1. The van der Waals surface area contributed by atoms with Gasteiger partial charge in [-0.1, -0.05) is 15.9 Å². The summed E-state index contributed by atoms with van der Waals surface area (Å²) in [5.41, 5.74) is 0.509. The molecule has 0 saturated heterocycles. The smallest absolute Gasteiger partial charge is 0.224 e. The van der Waals surface area contributed by atoms with Crippen LogP contribution in [0, 0.1) is 5.82 Å². The molecule has 0 fully saturated rings. The average Bonchev–Trinajstić information content (AvgIpc) is 2.33. The van der Waals surface area contributed by atoms with E-state index in [4.69, 9.17) is 9.84 Å². The van der Waals surface area contributed by atoms with E-state index in [9.17, 15) is 4.39 Å². The molecular formula is C12H9BrFNO2. The Labute approximate surface area is 106 Å². The van der Waals surface area contributed by atoms with Crippen LogP contribution in [-0.4, -0.2) is 10.1 Å². The summed E-state index contributed by atoms with van der Waals surface area (Å²) in [4.78, 5) is 3.95. The van der Waals surface area contributed by atoms with E-state index in [0.29, 0.717) is 10.0 Å². The summed E-state index contributed by atoms with van der Waals surface area (Å²) < 4.78 is 19.5. The molecule has 3 nitrogen and oxygen atoms in total. The van der Waals surface area contributed by atoms with E-state index < -0.39 is 5.82 Å². The second-order valence-electron chi connectivity index (χ2n) is 3.30. The Kier molecular flexibility index (Phi) is 3.71. The van der Waals surface area contributed by atoms with Gasteiger partial charge in [0.2, 0.25) is 5.88 Å². The van der Waals surface area contributed by atoms with Gasteiger partial charge < -0.3 is 9.84 Å². The largest absolute Gasteiger partial charge is 0.436 e. The molecule has 0 aliphatic rings. The van der Waals surface area contributed by atoms with Crippen LogP contribution in [0.2, 0.25) is 0 Å². The first-order valence-electron chi connectivity index (χ1n) is 4.88. The summed E-state index contributed by atoms with van der Waals surface area (Å²) in [5, 5.41) is 9.09. The Morgan fingerprint density at radius 3 is 2.88 bits per heavy atom. The fraction of sp³-hybridized carbons (Fsp3) is 0.0833. The second kappa shape index (κ2) is 5.25. The van der Waals surface area contributed by atoms with Crippen LogP contribution >= 0.6 is 15.9 Å². The number of aliphatic hydroxyl groups is 1. The number of ether oxygens (including phenoxy) is 1. The number of benzene rings is 1. The van der Waals surface area contributed by atoms with Crippen molar-refractivity contribution in [3.63, 3.8) is 0 Å². The fourth-order valence-corrected chi connectivity index (χ4v) is 1.63. The third-order valence-electron chi connectivity index (χ3n) is 2.12. The average molecular weight is 298 g/mol. The molecule has 0 atom stereocenters. The second-order valence-corrected chi connectivity index (χ2v) is 4.22. The summed E-state index contributed by atoms with van der Waals surface area (Å²) in [5.74, 6) is -0.216. The molecule has 2 aromatic rings. The first kappa shape index (κ1) is 12.0. The SMILES string of the molecule is OCc1cccnc1Oc1ccc(Br)cc1F. The van der Waals surface area contributed by atoms with Gasteiger partial charge in [0.15, 0.2) is 11.6 Å². The van der Waals surface area contributed by atoms with Gasteiger partial charge in [0.05, 0.1) is 6.61 Å². The Bertz CT molecular complexity index is 534. The van der Waals surface area contributed by atoms with Gasteiger partial charge in [-0.3, -0.25) is 0 Å². The minimum absolute atomic E-state index is 0.0709. The van der Waals surface area contributed by atoms with E-state index in [1.54, 1.807) is 18.2 Å². The van der Waals surface area contributed by atoms with E-state index in [1.807, 2.05) is 0 Å². The van der Waals surface area contributed by atoms with Crippen LogP contribution in [0.5, 0.6) is 11.6 Å². The van der Waals surface area contributed by atoms with E-state index in [0.717, 1.165) is 0 Å². The minimum Gasteiger partial charge on any atom is -0.436 e. The highest BCUT2D eigenvalue weighted by Gasteiger charge is 2.09. The zero-order chi connectivity index (χ0) is 12.3. The summed E-state index contributed by atoms with van der Waals surface area (Å²) in [6.45, 7) is -0.207. The molecule has 0 amide bonds. The predicted octanol–water partition coefficient (Wildman–Crippen LogP) is 3.27. The topological polar surface area (TPSA) is 42.4 Å². The quantitative estimate of drug-likeness (QED) is 0.945. The lowest BCUT2D eigenvalue weighted by Crippen LogP contribution is -1.95. The molecule has 1 heterocycles. The van der Waals surface area contributed by atoms with E-state index in [-0.39, 0.29) is 18.2 Å². The predicted molar refractivity (Wildman–Crippen MR) is 64.3 cm³/mol. The lowest BCUT2D eigenvalue weighted by atomic mass is 10.3. The molecule has 0 unspecified atom stereocenters. The summed E-state index contributed by atoms with van der Waals surface area (Å²) in [6, 6.07) is 7.81. The van der Waals surface area contributed by atoms with Gasteiger partial charge >= 0.3 is 0 Å². The van der Waals surface area contributed by atoms with Gasteiger partial charge in [-0.05, 0) is 30.3 Å². The summed E-state index contributed by atoms with van der Waals surface area (Å²) in [6.07, 6.45) is 1.52. The molecule has 0 bridgehead atoms. The summed E-state index contributed by atoms with van der Waals surface area (Å²) >= 11 is 3.16. The van der Waals surface area contributed by atoms with Crippen LogP contribution in [0.15, 0.2) is 41.0 Å². The number of hydrogen-bond donors (Lipinski definition) is 1. The molecule has 0 spiro atoms. The standard InChI is InChI=1S/C12H9BrFNO2/c13-9-3-4-11(10(14)6-9)17-12-8(7-16)2-1-5-15-12/h1-6,16H,7H2. The maximum Gasteiger partial charge on any atom is 0.224 e. The van der Waals surface area contributed by atoms with Gasteiger partial charge in [-0.2, -0.15) is 0 Å². The highest BCUT2D eigenvalue weighted by Crippen LogP contribution is 2.27. The van der Waals surface area contributed by atoms with Crippen molar-refractivity contribution in [3.8, 4) is 11.6 Å². The lowest BCUT2D eigenvalue weighted by molar-refractivity contribution is 0.274. The van der Waals surface area contributed by atoms with Crippen LogP contribution in [-0.2, 0) is 6.61 Å². The molecule has 0 aliphatic carbocycles. The number of rotatable bonds is 3. The zero-order valence-corrected chi connectivity index (χ0v) is 10.3. The maximum atomic E-state index is 13.5. The van der Waals surface area contributed by atoms with Crippen molar-refractivity contribution in [3.05, 3.63) is 52.4 Å². The van der Waals surface area contributed by atoms with Crippen molar-refractivity contribution in [2.75, 3.05) is 0 Å². The number of hydrogen-bond acceptors (Lipinski definition) is 3. The van der Waals surface area contributed by atoms with Crippen molar-refractivity contribution >= 4 is 15.9 Å². The molecule has 5 heteroatoms. The molecule has 2 rings (SSSR count). The molecule has 88 valence electrons. The van der Waals surface area contributed by atoms with E-state index >= 15 is 0 Å². The highest BCUT2D eigenvalue weighted by molar-refractivity contribution is 9.10. The van der Waals surface area contributed by atoms with Gasteiger partial charge in [-0.15, -0.1) is 0 Å². The summed E-state index contributed by atoms with van der Waals surface area (Å²) in [7, 11) is 0. The van der Waals surface area contributed by atoms with E-state index in [2.05, 4.69) is 20.9 Å². The molecule has 17 heavy (non-hydrogen) atoms. The molecule has 1 aromatic heterocycles. The Morgan fingerprint density at radius 2 is 2.18 bits per heavy atom. The van der Waals surface area contributed by atoms with Crippen molar-refractivity contribution in [1.82, 2.24) is 4.98 Å². The maximum absolute atomic E-state index is 13.5. The fourth-order valence-electron chi connectivity index (χ4n) is 1.30. The van der Waals surface area contributed by atoms with Gasteiger partial charge in [-0.25, -0.2) is 9.37 Å². The molecule has 0 aliphatic heterocycles. The van der Waals surface area contributed by atoms with Crippen LogP contribution in [0.4, 0.5) is 4.39 Å². The molecule has 1 aromatic carbocycles. The Hall–Kier alpha value is -1.46. The van der Waals surface area contributed by atoms with Gasteiger partial charge in [0.25, 0.3) is 0 Å². The monoisotopic (exact) mass is 297 g/mol. The van der Waals surface area contributed by atoms with Crippen LogP contribution < -0.4 is 4.74 Å². The number of halogens is 2. The van der Waals surface area contributed by atoms with Crippen molar-refractivity contribution in [1.29, 1.82) is 0 Å². The van der Waals surface area contributed by atoms with Crippen LogP contribution in [0.25, 0.3) is 0 Å². The zero-order valence-electron chi connectivity index (χ0n) is 8.73. The van der Waals surface area contributed by atoms with Gasteiger partial charge in [0.1, 0.15) is 0 Å². The van der Waals surface area contributed by atoms with Crippen LogP contribution in [0.3, 0.4) is 0 Å². The normalized spacial score (nSPS) is 10.3. The Morgan fingerprint density at radius 1 is 1.35 bits per heavy atom. The third kappa shape index (κ3) is 2.81. The Balaban J connectivity index is 2.31. The lowest BCUT2D eigenvalue weighted by Gasteiger charge is -2.08.